The molecule has 0 radical (unpaired) electrons. The number of anilines is 1. The number of unbranched alkanes of at least 4 members (excludes halogenated alkanes) is 1. The molecule has 0 saturated carbocycles. The van der Waals surface area contributed by atoms with Gasteiger partial charge in [-0.05, 0) is 40.6 Å². The molecule has 0 aliphatic carbocycles. The first-order chi connectivity index (χ1) is 13.7. The average molecular weight is 402 g/mol. The van der Waals surface area contributed by atoms with E-state index in [0.717, 1.165) is 30.5 Å². The minimum absolute atomic E-state index is 0.415. The third kappa shape index (κ3) is 5.13. The number of rotatable bonds is 10. The fourth-order valence-corrected chi connectivity index (χ4v) is 2.85. The summed E-state index contributed by atoms with van der Waals surface area (Å²) in [5, 5.41) is 15.8. The van der Waals surface area contributed by atoms with Crippen LogP contribution in [0.1, 0.15) is 30.9 Å². The first-order valence-corrected chi connectivity index (χ1v) is 9.62. The van der Waals surface area contributed by atoms with Gasteiger partial charge in [-0.25, -0.2) is 4.68 Å². The molecule has 7 nitrogen and oxygen atoms in total. The number of aryl methyl sites for hydroxylation is 1. The zero-order valence-corrected chi connectivity index (χ0v) is 16.8. The van der Waals surface area contributed by atoms with E-state index in [1.807, 2.05) is 42.5 Å². The van der Waals surface area contributed by atoms with Crippen LogP contribution in [0.15, 0.2) is 42.5 Å². The van der Waals surface area contributed by atoms with Gasteiger partial charge >= 0.3 is 0 Å². The zero-order chi connectivity index (χ0) is 19.8. The molecule has 0 atom stereocenters. The Labute approximate surface area is 169 Å². The smallest absolute Gasteiger partial charge is 0.243 e. The molecular formula is C20H24ClN5O2. The first kappa shape index (κ1) is 19.9. The van der Waals surface area contributed by atoms with Gasteiger partial charge in [0.15, 0.2) is 11.5 Å². The summed E-state index contributed by atoms with van der Waals surface area (Å²) < 4.78 is 13.3. The van der Waals surface area contributed by atoms with Crippen LogP contribution >= 0.6 is 11.6 Å². The van der Waals surface area contributed by atoms with Gasteiger partial charge < -0.3 is 14.8 Å². The lowest BCUT2D eigenvalue weighted by molar-refractivity contribution is 0.281. The molecule has 0 fully saturated rings. The Balaban J connectivity index is 1.72. The predicted octanol–water partition coefficient (Wildman–Crippen LogP) is 4.33. The van der Waals surface area contributed by atoms with E-state index in [-0.39, 0.29) is 0 Å². The predicted molar refractivity (Wildman–Crippen MR) is 109 cm³/mol. The van der Waals surface area contributed by atoms with Crippen molar-refractivity contribution in [3.8, 4) is 11.5 Å². The fourth-order valence-electron chi connectivity index (χ4n) is 2.73. The molecule has 0 aliphatic rings. The van der Waals surface area contributed by atoms with Crippen LogP contribution in [0.4, 0.5) is 5.95 Å². The molecule has 8 heteroatoms. The van der Waals surface area contributed by atoms with Crippen molar-refractivity contribution in [2.75, 3.05) is 12.4 Å². The second kappa shape index (κ2) is 9.94. The van der Waals surface area contributed by atoms with E-state index in [1.54, 1.807) is 11.8 Å². The van der Waals surface area contributed by atoms with Crippen LogP contribution in [0, 0.1) is 0 Å². The van der Waals surface area contributed by atoms with Gasteiger partial charge in [0.2, 0.25) is 5.95 Å². The van der Waals surface area contributed by atoms with Crippen LogP contribution in [-0.2, 0) is 19.7 Å². The lowest BCUT2D eigenvalue weighted by atomic mass is 10.1. The van der Waals surface area contributed by atoms with Crippen LogP contribution in [0.25, 0.3) is 0 Å². The fraction of sp³-hybridized carbons (Fsp3) is 0.350. The maximum atomic E-state index is 6.08. The van der Waals surface area contributed by atoms with Crippen LogP contribution < -0.4 is 14.8 Å². The van der Waals surface area contributed by atoms with Gasteiger partial charge in [0.25, 0.3) is 0 Å². The number of halogens is 1. The largest absolute Gasteiger partial charge is 0.493 e. The molecule has 0 amide bonds. The lowest BCUT2D eigenvalue weighted by Crippen LogP contribution is -2.10. The highest BCUT2D eigenvalue weighted by molar-refractivity contribution is 6.30. The van der Waals surface area contributed by atoms with Crippen molar-refractivity contribution in [1.29, 1.82) is 0 Å². The second-order valence-corrected chi connectivity index (χ2v) is 6.73. The van der Waals surface area contributed by atoms with Gasteiger partial charge in [-0.3, -0.25) is 0 Å². The number of ether oxygens (including phenoxy) is 2. The minimum atomic E-state index is 0.415. The second-order valence-electron chi connectivity index (χ2n) is 6.30. The summed E-state index contributed by atoms with van der Waals surface area (Å²) in [6.07, 6.45) is 2.10. The Morgan fingerprint density at radius 2 is 1.96 bits per heavy atom. The number of methoxy groups -OCH3 is 1. The molecule has 0 unspecified atom stereocenters. The molecule has 2 aromatic carbocycles. The molecule has 148 valence electrons. The highest BCUT2D eigenvalue weighted by atomic mass is 35.5. The standard InChI is InChI=1S/C20H24ClN5O2/c1-3-4-12-26-20(23-24-25-26)22-13-16-6-5-7-18(27-2)19(16)28-14-15-8-10-17(21)11-9-15/h5-11H,3-4,12-14H2,1-2H3,(H,22,23,25). The van der Waals surface area contributed by atoms with Crippen LogP contribution in [-0.4, -0.2) is 27.3 Å². The van der Waals surface area contributed by atoms with Crippen molar-refractivity contribution in [3.63, 3.8) is 0 Å². The number of benzene rings is 2. The molecule has 0 aliphatic heterocycles. The number of hydrogen-bond donors (Lipinski definition) is 1. The molecule has 1 heterocycles. The summed E-state index contributed by atoms with van der Waals surface area (Å²) in [5.41, 5.74) is 1.98. The summed E-state index contributed by atoms with van der Waals surface area (Å²) >= 11 is 5.95. The molecule has 3 rings (SSSR count). The summed E-state index contributed by atoms with van der Waals surface area (Å²) in [5.74, 6) is 2.01. The minimum Gasteiger partial charge on any atom is -0.493 e. The normalized spacial score (nSPS) is 10.7. The highest BCUT2D eigenvalue weighted by Gasteiger charge is 2.13. The SMILES string of the molecule is CCCCn1nnnc1NCc1cccc(OC)c1OCc1ccc(Cl)cc1. The van der Waals surface area contributed by atoms with E-state index < -0.39 is 0 Å². The van der Waals surface area contributed by atoms with Crippen molar-refractivity contribution in [1.82, 2.24) is 20.2 Å². The van der Waals surface area contributed by atoms with Crippen LogP contribution in [0.2, 0.25) is 5.02 Å². The third-order valence-corrected chi connectivity index (χ3v) is 4.52. The Kier molecular flexibility index (Phi) is 7.08. The molecule has 28 heavy (non-hydrogen) atoms. The number of aromatic nitrogens is 4. The van der Waals surface area contributed by atoms with Crippen molar-refractivity contribution in [2.45, 2.75) is 39.5 Å². The first-order valence-electron chi connectivity index (χ1n) is 9.24. The number of para-hydroxylation sites is 1. The summed E-state index contributed by atoms with van der Waals surface area (Å²) in [7, 11) is 1.63. The van der Waals surface area contributed by atoms with E-state index in [1.165, 1.54) is 0 Å². The van der Waals surface area contributed by atoms with E-state index in [2.05, 4.69) is 27.8 Å². The number of nitrogens with one attached hydrogen (secondary N) is 1. The van der Waals surface area contributed by atoms with Crippen molar-refractivity contribution < 1.29 is 9.47 Å². The topological polar surface area (TPSA) is 74.1 Å². The molecule has 0 spiro atoms. The maximum Gasteiger partial charge on any atom is 0.243 e. The summed E-state index contributed by atoms with van der Waals surface area (Å²) in [4.78, 5) is 0. The Bertz CT molecular complexity index is 883. The molecule has 0 saturated heterocycles. The van der Waals surface area contributed by atoms with Gasteiger partial charge in [0, 0.05) is 23.7 Å². The molecular weight excluding hydrogens is 378 g/mol. The lowest BCUT2D eigenvalue weighted by Gasteiger charge is -2.16. The average Bonchev–Trinajstić information content (AvgIpc) is 3.17. The molecule has 0 bridgehead atoms. The molecule has 3 aromatic rings. The Hall–Kier alpha value is -2.80. The van der Waals surface area contributed by atoms with Gasteiger partial charge in [-0.1, -0.05) is 54.3 Å². The van der Waals surface area contributed by atoms with Gasteiger partial charge in [-0.15, -0.1) is 0 Å². The van der Waals surface area contributed by atoms with E-state index in [4.69, 9.17) is 21.1 Å². The Morgan fingerprint density at radius 3 is 2.71 bits per heavy atom. The summed E-state index contributed by atoms with van der Waals surface area (Å²) in [6, 6.07) is 13.4. The molecule has 1 N–H and O–H groups in total. The number of tetrazole rings is 1. The highest BCUT2D eigenvalue weighted by Crippen LogP contribution is 2.32. The van der Waals surface area contributed by atoms with E-state index in [9.17, 15) is 0 Å². The monoisotopic (exact) mass is 401 g/mol. The maximum absolute atomic E-state index is 6.08. The quantitative estimate of drug-likeness (QED) is 0.545. The van der Waals surface area contributed by atoms with Gasteiger partial charge in [-0.2, -0.15) is 0 Å². The molecule has 1 aromatic heterocycles. The van der Waals surface area contributed by atoms with Gasteiger partial charge in [0.05, 0.1) is 7.11 Å². The zero-order valence-electron chi connectivity index (χ0n) is 16.1. The van der Waals surface area contributed by atoms with Crippen LogP contribution in [0.3, 0.4) is 0 Å². The van der Waals surface area contributed by atoms with Crippen LogP contribution in [0.5, 0.6) is 11.5 Å². The Morgan fingerprint density at radius 1 is 1.14 bits per heavy atom. The van der Waals surface area contributed by atoms with Crippen molar-refractivity contribution in [2.24, 2.45) is 0 Å². The van der Waals surface area contributed by atoms with Crippen molar-refractivity contribution >= 4 is 17.5 Å². The third-order valence-electron chi connectivity index (χ3n) is 4.27. The van der Waals surface area contributed by atoms with Gasteiger partial charge in [0.1, 0.15) is 6.61 Å². The summed E-state index contributed by atoms with van der Waals surface area (Å²) in [6.45, 7) is 3.85. The number of hydrogen-bond acceptors (Lipinski definition) is 6. The van der Waals surface area contributed by atoms with E-state index in [0.29, 0.717) is 35.6 Å². The van der Waals surface area contributed by atoms with E-state index >= 15 is 0 Å². The van der Waals surface area contributed by atoms with Crippen molar-refractivity contribution in [3.05, 3.63) is 58.6 Å². The number of nitrogens with zero attached hydrogens (tertiary/aromatic N) is 4.